The highest BCUT2D eigenvalue weighted by Crippen LogP contribution is 2.36. The number of anilines is 1. The zero-order chi connectivity index (χ0) is 33.2. The van der Waals surface area contributed by atoms with E-state index in [9.17, 15) is 27.5 Å². The van der Waals surface area contributed by atoms with Gasteiger partial charge in [-0.3, -0.25) is 14.7 Å². The Labute approximate surface area is 271 Å². The summed E-state index contributed by atoms with van der Waals surface area (Å²) in [6.45, 7) is 2.74. The molecule has 1 aliphatic carbocycles. The van der Waals surface area contributed by atoms with Crippen LogP contribution in [0.1, 0.15) is 48.8 Å². The van der Waals surface area contributed by atoms with Gasteiger partial charge in [-0.2, -0.15) is 4.31 Å². The van der Waals surface area contributed by atoms with Crippen LogP contribution in [0.25, 0.3) is 0 Å². The molecule has 46 heavy (non-hydrogen) atoms. The SMILES string of the molecule is C[C@H]1CNC[C@H](CCc2c(F)cncc2NC(=O)[C@H]([C@@H](c2ccc(Cl)cc2)c2cccc(F)c2)N(C)C(=O)O)N1S(=O)(=O)C1CC1. The molecule has 3 aromatic rings. The molecule has 1 saturated heterocycles. The first-order chi connectivity index (χ1) is 21.9. The number of benzene rings is 2. The van der Waals surface area contributed by atoms with E-state index in [-0.39, 0.29) is 30.1 Å². The van der Waals surface area contributed by atoms with Crippen molar-refractivity contribution >= 4 is 39.3 Å². The van der Waals surface area contributed by atoms with Crippen molar-refractivity contribution in [2.45, 2.75) is 61.9 Å². The quantitative estimate of drug-likeness (QED) is 0.265. The fourth-order valence-electron chi connectivity index (χ4n) is 6.16. The number of carbonyl (C=O) groups is 2. The van der Waals surface area contributed by atoms with Crippen molar-refractivity contribution in [1.82, 2.24) is 19.5 Å². The van der Waals surface area contributed by atoms with E-state index in [1.807, 2.05) is 6.92 Å². The summed E-state index contributed by atoms with van der Waals surface area (Å²) in [6, 6.07) is 9.81. The Balaban J connectivity index is 1.46. The van der Waals surface area contributed by atoms with Gasteiger partial charge < -0.3 is 15.7 Å². The summed E-state index contributed by atoms with van der Waals surface area (Å²) in [6.07, 6.45) is 2.46. The number of sulfonamides is 1. The molecular formula is C32H36ClF2N5O5S. The van der Waals surface area contributed by atoms with Gasteiger partial charge >= 0.3 is 6.09 Å². The normalized spacial score (nSPS) is 20.1. The van der Waals surface area contributed by atoms with Gasteiger partial charge in [0.1, 0.15) is 17.7 Å². The second-order valence-corrected chi connectivity index (χ2v) is 14.4. The Morgan fingerprint density at radius 3 is 2.50 bits per heavy atom. The van der Waals surface area contributed by atoms with Gasteiger partial charge in [-0.1, -0.05) is 35.9 Å². The number of piperazine rings is 1. The van der Waals surface area contributed by atoms with Crippen LogP contribution in [0, 0.1) is 11.6 Å². The predicted octanol–water partition coefficient (Wildman–Crippen LogP) is 4.85. The van der Waals surface area contributed by atoms with E-state index in [0.717, 1.165) is 11.1 Å². The summed E-state index contributed by atoms with van der Waals surface area (Å²) < 4.78 is 57.9. The van der Waals surface area contributed by atoms with E-state index in [1.165, 1.54) is 31.4 Å². The second kappa shape index (κ2) is 14.0. The molecule has 0 radical (unpaired) electrons. The molecule has 246 valence electrons. The van der Waals surface area contributed by atoms with Crippen molar-refractivity contribution in [1.29, 1.82) is 0 Å². The zero-order valence-corrected chi connectivity index (χ0v) is 26.9. The molecule has 2 fully saturated rings. The Hall–Kier alpha value is -3.65. The summed E-state index contributed by atoms with van der Waals surface area (Å²) in [5, 5.41) is 16.0. The lowest BCUT2D eigenvalue weighted by Crippen LogP contribution is -2.59. The highest BCUT2D eigenvalue weighted by atomic mass is 35.5. The lowest BCUT2D eigenvalue weighted by Gasteiger charge is -2.40. The van der Waals surface area contributed by atoms with E-state index in [1.54, 1.807) is 34.6 Å². The summed E-state index contributed by atoms with van der Waals surface area (Å²) in [7, 11) is -2.28. The van der Waals surface area contributed by atoms with Crippen LogP contribution in [0.15, 0.2) is 60.9 Å². The summed E-state index contributed by atoms with van der Waals surface area (Å²) in [4.78, 5) is 31.1. The number of hydrogen-bond acceptors (Lipinski definition) is 6. The van der Waals surface area contributed by atoms with E-state index in [2.05, 4.69) is 15.6 Å². The third-order valence-corrected chi connectivity index (χ3v) is 11.4. The number of nitrogens with one attached hydrogen (secondary N) is 2. The van der Waals surface area contributed by atoms with Crippen LogP contribution in [0.3, 0.4) is 0 Å². The van der Waals surface area contributed by atoms with E-state index in [0.29, 0.717) is 42.1 Å². The van der Waals surface area contributed by atoms with Crippen LogP contribution in [-0.4, -0.2) is 83.2 Å². The Morgan fingerprint density at radius 1 is 1.13 bits per heavy atom. The van der Waals surface area contributed by atoms with Crippen LogP contribution in [0.5, 0.6) is 0 Å². The number of nitrogens with zero attached hydrogens (tertiary/aromatic N) is 3. The molecule has 0 bridgehead atoms. The maximum atomic E-state index is 15.3. The van der Waals surface area contributed by atoms with Crippen LogP contribution in [-0.2, 0) is 21.2 Å². The first-order valence-corrected chi connectivity index (χ1v) is 16.9. The van der Waals surface area contributed by atoms with Crippen LogP contribution in [0.2, 0.25) is 5.02 Å². The molecule has 1 aromatic heterocycles. The first-order valence-electron chi connectivity index (χ1n) is 15.0. The van der Waals surface area contributed by atoms with Crippen molar-refractivity contribution < 1.29 is 31.9 Å². The van der Waals surface area contributed by atoms with Crippen molar-refractivity contribution in [3.63, 3.8) is 0 Å². The van der Waals surface area contributed by atoms with Gasteiger partial charge in [-0.15, -0.1) is 0 Å². The summed E-state index contributed by atoms with van der Waals surface area (Å²) in [5.74, 6) is -3.05. The number of rotatable bonds is 11. The van der Waals surface area contributed by atoms with Crippen molar-refractivity contribution in [3.05, 3.63) is 94.3 Å². The fourth-order valence-corrected chi connectivity index (χ4v) is 8.54. The number of amides is 2. The molecule has 3 N–H and O–H groups in total. The highest BCUT2D eigenvalue weighted by Gasteiger charge is 2.46. The fraction of sp³-hybridized carbons (Fsp3) is 0.406. The molecule has 2 aliphatic rings. The zero-order valence-electron chi connectivity index (χ0n) is 25.4. The molecule has 1 saturated carbocycles. The molecule has 4 atom stereocenters. The van der Waals surface area contributed by atoms with Gasteiger partial charge in [0.25, 0.3) is 0 Å². The molecule has 2 heterocycles. The van der Waals surface area contributed by atoms with Gasteiger partial charge in [0.05, 0.1) is 23.3 Å². The van der Waals surface area contributed by atoms with E-state index < -0.39 is 56.9 Å². The minimum absolute atomic E-state index is 0.0244. The molecule has 2 amide bonds. The average Bonchev–Trinajstić information content (AvgIpc) is 3.86. The number of likely N-dealkylation sites (N-methyl/N-ethyl adjacent to an activating group) is 1. The lowest BCUT2D eigenvalue weighted by molar-refractivity contribution is -0.120. The molecule has 0 spiro atoms. The molecule has 1 aliphatic heterocycles. The summed E-state index contributed by atoms with van der Waals surface area (Å²) >= 11 is 6.10. The number of pyridine rings is 1. The van der Waals surface area contributed by atoms with Crippen LogP contribution >= 0.6 is 11.6 Å². The molecule has 5 rings (SSSR count). The highest BCUT2D eigenvalue weighted by molar-refractivity contribution is 7.90. The minimum Gasteiger partial charge on any atom is -0.465 e. The maximum Gasteiger partial charge on any atom is 0.407 e. The third kappa shape index (κ3) is 7.33. The molecule has 2 aromatic carbocycles. The number of carbonyl (C=O) groups excluding carboxylic acids is 1. The predicted molar refractivity (Wildman–Crippen MR) is 170 cm³/mol. The Bertz CT molecular complexity index is 1690. The van der Waals surface area contributed by atoms with Crippen LogP contribution < -0.4 is 10.6 Å². The van der Waals surface area contributed by atoms with Gasteiger partial charge in [-0.25, -0.2) is 22.0 Å². The molecule has 10 nitrogen and oxygen atoms in total. The number of aromatic nitrogens is 1. The minimum atomic E-state index is -3.51. The maximum absolute atomic E-state index is 15.3. The number of carboxylic acid groups (broad SMARTS) is 1. The monoisotopic (exact) mass is 675 g/mol. The third-order valence-electron chi connectivity index (χ3n) is 8.58. The molecule has 14 heteroatoms. The van der Waals surface area contributed by atoms with Gasteiger partial charge in [0.15, 0.2) is 0 Å². The standard InChI is InChI=1S/C32H36ClF2N5O5S/c1-19-15-36-16-24(40(19)46(44,45)25-11-12-25)10-13-26-27(35)17-37-18-28(26)38-31(41)30(39(2)32(42)43)29(20-6-8-22(33)9-7-20)21-4-3-5-23(34)14-21/h3-9,14,17-19,24-25,29-30,36H,10-13,15-16H2,1-2H3,(H,38,41)(H,42,43)/t19-,24-,29-,30-/m0/s1. The van der Waals surface area contributed by atoms with Crippen molar-refractivity contribution in [2.24, 2.45) is 0 Å². The topological polar surface area (TPSA) is 132 Å². The van der Waals surface area contributed by atoms with E-state index in [4.69, 9.17) is 11.6 Å². The number of hydrogen-bond donors (Lipinski definition) is 3. The largest absolute Gasteiger partial charge is 0.465 e. The molecular weight excluding hydrogens is 640 g/mol. The smallest absolute Gasteiger partial charge is 0.407 e. The first kappa shape index (κ1) is 33.7. The lowest BCUT2D eigenvalue weighted by atomic mass is 9.83. The average molecular weight is 676 g/mol. The van der Waals surface area contributed by atoms with Gasteiger partial charge in [0.2, 0.25) is 15.9 Å². The molecule has 0 unspecified atom stereocenters. The summed E-state index contributed by atoms with van der Waals surface area (Å²) in [5.41, 5.74) is 0.966. The van der Waals surface area contributed by atoms with Gasteiger partial charge in [0, 0.05) is 48.7 Å². The van der Waals surface area contributed by atoms with Crippen LogP contribution in [0.4, 0.5) is 19.3 Å². The van der Waals surface area contributed by atoms with Crippen molar-refractivity contribution in [2.75, 3.05) is 25.5 Å². The second-order valence-electron chi connectivity index (χ2n) is 11.8. The van der Waals surface area contributed by atoms with Gasteiger partial charge in [-0.05, 0) is 68.0 Å². The van der Waals surface area contributed by atoms with Crippen molar-refractivity contribution in [3.8, 4) is 0 Å². The Morgan fingerprint density at radius 2 is 1.85 bits per heavy atom. The van der Waals surface area contributed by atoms with E-state index >= 15 is 4.39 Å². The Kier molecular flexibility index (Phi) is 10.3. The number of halogens is 3.